The van der Waals surface area contributed by atoms with Crippen LogP contribution in [0.15, 0.2) is 66.0 Å². The van der Waals surface area contributed by atoms with Crippen molar-refractivity contribution in [3.05, 3.63) is 82.0 Å². The van der Waals surface area contributed by atoms with Crippen LogP contribution in [0, 0.1) is 0 Å². The van der Waals surface area contributed by atoms with Crippen molar-refractivity contribution in [2.24, 2.45) is 0 Å². The van der Waals surface area contributed by atoms with Crippen molar-refractivity contribution in [3.8, 4) is 0 Å². The second-order valence-corrected chi connectivity index (χ2v) is 9.43. The summed E-state index contributed by atoms with van der Waals surface area (Å²) in [5.41, 5.74) is 5.24. The summed E-state index contributed by atoms with van der Waals surface area (Å²) >= 11 is 1.86. The molecular formula is C25H32N4S. The highest BCUT2D eigenvalue weighted by molar-refractivity contribution is 7.10. The summed E-state index contributed by atoms with van der Waals surface area (Å²) in [5, 5.41) is 2.20. The zero-order chi connectivity index (χ0) is 21.1. The summed E-state index contributed by atoms with van der Waals surface area (Å²) in [6.07, 6.45) is 0.340. The Morgan fingerprint density at radius 1 is 0.733 bits per heavy atom. The first kappa shape index (κ1) is 20.9. The van der Waals surface area contributed by atoms with Gasteiger partial charge in [-0.1, -0.05) is 30.3 Å². The maximum absolute atomic E-state index is 2.62. The van der Waals surface area contributed by atoms with Crippen LogP contribution < -0.4 is 9.80 Å². The minimum absolute atomic E-state index is 0.340. The highest BCUT2D eigenvalue weighted by Gasteiger charge is 2.33. The number of hydrogen-bond acceptors (Lipinski definition) is 5. The first-order valence-electron chi connectivity index (χ1n) is 10.6. The van der Waals surface area contributed by atoms with E-state index in [0.29, 0.717) is 6.17 Å². The maximum atomic E-state index is 2.62. The van der Waals surface area contributed by atoms with Gasteiger partial charge >= 0.3 is 0 Å². The van der Waals surface area contributed by atoms with E-state index in [9.17, 15) is 0 Å². The van der Waals surface area contributed by atoms with E-state index in [1.807, 2.05) is 11.3 Å². The molecule has 0 unspecified atom stereocenters. The van der Waals surface area contributed by atoms with Gasteiger partial charge in [0.2, 0.25) is 0 Å². The predicted molar refractivity (Wildman–Crippen MR) is 129 cm³/mol. The first-order valence-corrected chi connectivity index (χ1v) is 11.4. The van der Waals surface area contributed by atoms with Crippen molar-refractivity contribution in [3.63, 3.8) is 0 Å². The molecule has 1 saturated heterocycles. The van der Waals surface area contributed by atoms with Gasteiger partial charge in [-0.2, -0.15) is 0 Å². The Morgan fingerprint density at radius 3 is 1.57 bits per heavy atom. The lowest BCUT2D eigenvalue weighted by molar-refractivity contribution is 0.129. The Hall–Kier alpha value is -2.34. The number of thiophene rings is 1. The molecule has 158 valence electrons. The molecular weight excluding hydrogens is 388 g/mol. The van der Waals surface area contributed by atoms with Crippen LogP contribution in [0.1, 0.15) is 22.2 Å². The molecule has 0 amide bonds. The molecule has 0 bridgehead atoms. The molecule has 0 N–H and O–H groups in total. The highest BCUT2D eigenvalue weighted by atomic mass is 32.1. The summed E-state index contributed by atoms with van der Waals surface area (Å²) in [4.78, 5) is 11.0. The van der Waals surface area contributed by atoms with Crippen molar-refractivity contribution >= 4 is 22.7 Å². The summed E-state index contributed by atoms with van der Waals surface area (Å²) in [7, 11) is 8.35. The lowest BCUT2D eigenvalue weighted by Crippen LogP contribution is -2.30. The number of hydrogen-bond donors (Lipinski definition) is 0. The van der Waals surface area contributed by atoms with E-state index in [0.717, 1.165) is 26.2 Å². The van der Waals surface area contributed by atoms with Crippen molar-refractivity contribution in [1.82, 2.24) is 9.80 Å². The van der Waals surface area contributed by atoms with Crippen molar-refractivity contribution in [1.29, 1.82) is 0 Å². The Kier molecular flexibility index (Phi) is 6.42. The largest absolute Gasteiger partial charge is 0.378 e. The van der Waals surface area contributed by atoms with Gasteiger partial charge in [-0.25, -0.2) is 0 Å². The van der Waals surface area contributed by atoms with Crippen molar-refractivity contribution < 1.29 is 0 Å². The van der Waals surface area contributed by atoms with Crippen LogP contribution in [0.25, 0.3) is 0 Å². The third kappa shape index (κ3) is 4.69. The fraction of sp³-hybridized carbons (Fsp3) is 0.360. The van der Waals surface area contributed by atoms with E-state index < -0.39 is 0 Å². The van der Waals surface area contributed by atoms with Gasteiger partial charge < -0.3 is 9.80 Å². The molecule has 1 aliphatic rings. The van der Waals surface area contributed by atoms with Crippen molar-refractivity contribution in [2.75, 3.05) is 51.1 Å². The third-order valence-corrected chi connectivity index (χ3v) is 6.75. The maximum Gasteiger partial charge on any atom is 0.0987 e. The SMILES string of the molecule is CN(C)c1ccc(CN2CCN(Cc3ccc(N(C)C)cc3)C2c2cccs2)cc1. The summed E-state index contributed by atoms with van der Waals surface area (Å²) in [6.45, 7) is 4.14. The fourth-order valence-electron chi connectivity index (χ4n) is 4.13. The van der Waals surface area contributed by atoms with E-state index in [4.69, 9.17) is 0 Å². The molecule has 0 spiro atoms. The average Bonchev–Trinajstić information content (AvgIpc) is 3.39. The van der Waals surface area contributed by atoms with Crippen LogP contribution in [-0.4, -0.2) is 51.1 Å². The van der Waals surface area contributed by atoms with Crippen LogP contribution in [-0.2, 0) is 13.1 Å². The number of benzene rings is 2. The molecule has 2 heterocycles. The topological polar surface area (TPSA) is 13.0 Å². The first-order chi connectivity index (χ1) is 14.5. The van der Waals surface area contributed by atoms with Crippen LogP contribution in [0.5, 0.6) is 0 Å². The quantitative estimate of drug-likeness (QED) is 0.539. The summed E-state index contributed by atoms with van der Waals surface area (Å²) in [5.74, 6) is 0. The van der Waals surface area contributed by atoms with Gasteiger partial charge in [-0.05, 0) is 46.8 Å². The zero-order valence-electron chi connectivity index (χ0n) is 18.5. The number of anilines is 2. The monoisotopic (exact) mass is 420 g/mol. The summed E-state index contributed by atoms with van der Waals surface area (Å²) < 4.78 is 0. The minimum atomic E-state index is 0.340. The summed E-state index contributed by atoms with van der Waals surface area (Å²) in [6, 6.07) is 22.4. The average molecular weight is 421 g/mol. The lowest BCUT2D eigenvalue weighted by atomic mass is 10.1. The molecule has 0 radical (unpaired) electrons. The van der Waals surface area contributed by atoms with E-state index in [1.54, 1.807) is 0 Å². The molecule has 2 aromatic carbocycles. The van der Waals surface area contributed by atoms with E-state index in [2.05, 4.69) is 114 Å². The molecule has 5 heteroatoms. The molecule has 3 aromatic rings. The van der Waals surface area contributed by atoms with Gasteiger partial charge in [-0.15, -0.1) is 11.3 Å². The second kappa shape index (κ2) is 9.21. The van der Waals surface area contributed by atoms with Crippen molar-refractivity contribution in [2.45, 2.75) is 19.3 Å². The smallest absolute Gasteiger partial charge is 0.0987 e. The van der Waals surface area contributed by atoms with Gasteiger partial charge in [0, 0.05) is 70.6 Å². The van der Waals surface area contributed by atoms with Crippen LogP contribution >= 0.6 is 11.3 Å². The predicted octanol–water partition coefficient (Wildman–Crippen LogP) is 4.90. The van der Waals surface area contributed by atoms with Gasteiger partial charge in [0.25, 0.3) is 0 Å². The van der Waals surface area contributed by atoms with E-state index >= 15 is 0 Å². The van der Waals surface area contributed by atoms with Crippen LogP contribution in [0.2, 0.25) is 0 Å². The van der Waals surface area contributed by atoms with Gasteiger partial charge in [0.1, 0.15) is 0 Å². The van der Waals surface area contributed by atoms with Gasteiger partial charge in [0.05, 0.1) is 6.17 Å². The standard InChI is InChI=1S/C25H32N4S/c1-26(2)22-11-7-20(8-12-22)18-28-15-16-29(25(28)24-6-5-17-30-24)19-21-9-13-23(14-10-21)27(3)4/h5-14,17,25H,15-16,18-19H2,1-4H3. The second-order valence-electron chi connectivity index (χ2n) is 8.45. The Morgan fingerprint density at radius 2 is 1.20 bits per heavy atom. The molecule has 1 fully saturated rings. The molecule has 1 aromatic heterocycles. The minimum Gasteiger partial charge on any atom is -0.378 e. The normalized spacial score (nSPS) is 15.6. The van der Waals surface area contributed by atoms with E-state index in [-0.39, 0.29) is 0 Å². The lowest BCUT2D eigenvalue weighted by Gasteiger charge is -2.30. The third-order valence-electron chi connectivity index (χ3n) is 5.84. The van der Waals surface area contributed by atoms with Gasteiger partial charge in [-0.3, -0.25) is 9.80 Å². The number of nitrogens with zero attached hydrogens (tertiary/aromatic N) is 4. The molecule has 0 aliphatic carbocycles. The molecule has 1 aliphatic heterocycles. The highest BCUT2D eigenvalue weighted by Crippen LogP contribution is 2.35. The zero-order valence-corrected chi connectivity index (χ0v) is 19.3. The molecule has 0 saturated carbocycles. The van der Waals surface area contributed by atoms with Gasteiger partial charge in [0.15, 0.2) is 0 Å². The number of rotatable bonds is 7. The Labute approximate surface area is 185 Å². The molecule has 4 nitrogen and oxygen atoms in total. The Bertz CT molecular complexity index is 855. The Balaban J connectivity index is 1.51. The van der Waals surface area contributed by atoms with Crippen LogP contribution in [0.4, 0.5) is 11.4 Å². The molecule has 4 rings (SSSR count). The molecule has 0 atom stereocenters. The fourth-order valence-corrected chi connectivity index (χ4v) is 5.02. The molecule has 30 heavy (non-hydrogen) atoms. The van der Waals surface area contributed by atoms with E-state index in [1.165, 1.54) is 27.4 Å². The van der Waals surface area contributed by atoms with Crippen LogP contribution in [0.3, 0.4) is 0 Å².